The van der Waals surface area contributed by atoms with Crippen LogP contribution in [0.5, 0.6) is 0 Å². The van der Waals surface area contributed by atoms with Gasteiger partial charge in [0.15, 0.2) is 6.10 Å². The fourth-order valence-corrected chi connectivity index (χ4v) is 1.52. The van der Waals surface area contributed by atoms with Crippen LogP contribution in [0.2, 0.25) is 5.02 Å². The normalized spacial score (nSPS) is 11.8. The summed E-state index contributed by atoms with van der Waals surface area (Å²) in [6, 6.07) is 4.54. The van der Waals surface area contributed by atoms with Crippen molar-refractivity contribution in [3.8, 4) is 0 Å². The van der Waals surface area contributed by atoms with E-state index < -0.39 is 18.0 Å². The molecule has 0 saturated carbocycles. The Bertz CT molecular complexity index is 654. The lowest BCUT2D eigenvalue weighted by Crippen LogP contribution is -2.30. The summed E-state index contributed by atoms with van der Waals surface area (Å²) in [5, 5.41) is 6.52. The maximum Gasteiger partial charge on any atom is 0.377 e. The van der Waals surface area contributed by atoms with Crippen molar-refractivity contribution in [2.75, 3.05) is 5.32 Å². The Morgan fingerprint density at radius 3 is 2.76 bits per heavy atom. The highest BCUT2D eigenvalue weighted by Gasteiger charge is 2.21. The number of ether oxygens (including phenoxy) is 1. The molecular formula is C13H12ClN3O4. The molecule has 0 radical (unpaired) electrons. The van der Waals surface area contributed by atoms with Gasteiger partial charge in [-0.05, 0) is 26.0 Å². The van der Waals surface area contributed by atoms with Crippen LogP contribution in [0.15, 0.2) is 28.9 Å². The molecule has 0 aliphatic heterocycles. The van der Waals surface area contributed by atoms with Gasteiger partial charge in [0.25, 0.3) is 5.91 Å². The van der Waals surface area contributed by atoms with Gasteiger partial charge in [0.2, 0.25) is 5.76 Å². The Balaban J connectivity index is 1.93. The molecule has 7 nitrogen and oxygen atoms in total. The Labute approximate surface area is 125 Å². The van der Waals surface area contributed by atoms with E-state index in [1.165, 1.54) is 25.3 Å². The Morgan fingerprint density at radius 2 is 2.19 bits per heavy atom. The highest BCUT2D eigenvalue weighted by molar-refractivity contribution is 6.30. The van der Waals surface area contributed by atoms with E-state index in [0.717, 1.165) is 0 Å². The van der Waals surface area contributed by atoms with Crippen molar-refractivity contribution in [3.05, 3.63) is 40.9 Å². The Hall–Kier alpha value is -2.41. The van der Waals surface area contributed by atoms with E-state index in [-0.39, 0.29) is 5.76 Å². The Kier molecular flexibility index (Phi) is 4.54. The number of hydrogen-bond donors (Lipinski definition) is 1. The number of hydrogen-bond acceptors (Lipinski definition) is 6. The van der Waals surface area contributed by atoms with Gasteiger partial charge in [-0.2, -0.15) is 0 Å². The summed E-state index contributed by atoms with van der Waals surface area (Å²) in [5.41, 5.74) is 0.546. The van der Waals surface area contributed by atoms with Crippen molar-refractivity contribution < 1.29 is 18.8 Å². The average Bonchev–Trinajstić information content (AvgIpc) is 2.88. The quantitative estimate of drug-likeness (QED) is 0.870. The maximum absolute atomic E-state index is 11.9. The number of aromatic nitrogens is 2. The fraction of sp³-hybridized carbons (Fsp3) is 0.231. The van der Waals surface area contributed by atoms with Gasteiger partial charge >= 0.3 is 5.97 Å². The Morgan fingerprint density at radius 1 is 1.43 bits per heavy atom. The molecule has 2 heterocycles. The second kappa shape index (κ2) is 6.36. The molecule has 2 rings (SSSR count). The van der Waals surface area contributed by atoms with E-state index in [9.17, 15) is 9.59 Å². The summed E-state index contributed by atoms with van der Waals surface area (Å²) in [5.74, 6) is -1.03. The maximum atomic E-state index is 11.9. The fourth-order valence-electron chi connectivity index (χ4n) is 1.41. The molecule has 0 aliphatic carbocycles. The van der Waals surface area contributed by atoms with Crippen LogP contribution in [0.3, 0.4) is 0 Å². The smallest absolute Gasteiger partial charge is 0.377 e. The SMILES string of the molecule is Cc1cc(C(=O)OC(C)C(=O)Nc2ccc(Cl)cn2)on1. The third kappa shape index (κ3) is 4.03. The number of aryl methyl sites for hydroxylation is 1. The van der Waals surface area contributed by atoms with Crippen LogP contribution in [0, 0.1) is 6.92 Å². The number of halogens is 1. The molecule has 21 heavy (non-hydrogen) atoms. The summed E-state index contributed by atoms with van der Waals surface area (Å²) in [6.07, 6.45) is 0.380. The molecule has 1 atom stereocenters. The first-order valence-electron chi connectivity index (χ1n) is 6.02. The zero-order valence-corrected chi connectivity index (χ0v) is 12.0. The van der Waals surface area contributed by atoms with Gasteiger partial charge in [0.05, 0.1) is 10.7 Å². The van der Waals surface area contributed by atoms with E-state index in [2.05, 4.69) is 15.5 Å². The number of nitrogens with one attached hydrogen (secondary N) is 1. The third-order valence-corrected chi connectivity index (χ3v) is 2.68. The minimum absolute atomic E-state index is 0.0585. The number of pyridine rings is 1. The van der Waals surface area contributed by atoms with Crippen LogP contribution in [-0.4, -0.2) is 28.1 Å². The van der Waals surface area contributed by atoms with Crippen molar-refractivity contribution in [1.82, 2.24) is 10.1 Å². The highest BCUT2D eigenvalue weighted by atomic mass is 35.5. The standard InChI is InChI=1S/C13H12ClN3O4/c1-7-5-10(21-17-7)13(19)20-8(2)12(18)16-11-4-3-9(14)6-15-11/h3-6,8H,1-2H3,(H,15,16,18). The largest absolute Gasteiger partial charge is 0.447 e. The molecule has 2 aromatic rings. The molecule has 1 N–H and O–H groups in total. The van der Waals surface area contributed by atoms with E-state index in [1.54, 1.807) is 13.0 Å². The predicted octanol–water partition coefficient (Wildman–Crippen LogP) is 2.22. The van der Waals surface area contributed by atoms with Crippen molar-refractivity contribution in [3.63, 3.8) is 0 Å². The van der Waals surface area contributed by atoms with Crippen LogP contribution in [-0.2, 0) is 9.53 Å². The lowest BCUT2D eigenvalue weighted by molar-refractivity contribution is -0.123. The molecule has 0 aliphatic rings. The molecule has 0 spiro atoms. The summed E-state index contributed by atoms with van der Waals surface area (Å²) >= 11 is 5.69. The number of rotatable bonds is 4. The second-order valence-corrected chi connectivity index (χ2v) is 4.67. The minimum Gasteiger partial charge on any atom is -0.447 e. The molecule has 1 unspecified atom stereocenters. The first-order chi connectivity index (χ1) is 9.95. The van der Waals surface area contributed by atoms with E-state index in [0.29, 0.717) is 16.5 Å². The van der Waals surface area contributed by atoms with E-state index in [4.69, 9.17) is 20.9 Å². The van der Waals surface area contributed by atoms with Gasteiger partial charge < -0.3 is 14.6 Å². The topological polar surface area (TPSA) is 94.3 Å². The van der Waals surface area contributed by atoms with Crippen molar-refractivity contribution in [1.29, 1.82) is 0 Å². The molecule has 8 heteroatoms. The summed E-state index contributed by atoms with van der Waals surface area (Å²) < 4.78 is 9.72. The monoisotopic (exact) mass is 309 g/mol. The number of nitrogens with zero attached hydrogens (tertiary/aromatic N) is 2. The van der Waals surface area contributed by atoms with Gasteiger partial charge in [-0.3, -0.25) is 4.79 Å². The molecule has 1 amide bonds. The van der Waals surface area contributed by atoms with Gasteiger partial charge in [-0.15, -0.1) is 0 Å². The van der Waals surface area contributed by atoms with Crippen LogP contribution in [0.1, 0.15) is 23.2 Å². The van der Waals surface area contributed by atoms with Crippen molar-refractivity contribution >= 4 is 29.3 Å². The van der Waals surface area contributed by atoms with Crippen LogP contribution < -0.4 is 5.32 Å². The van der Waals surface area contributed by atoms with Crippen molar-refractivity contribution in [2.24, 2.45) is 0 Å². The first-order valence-corrected chi connectivity index (χ1v) is 6.40. The molecule has 0 saturated heterocycles. The van der Waals surface area contributed by atoms with Crippen LogP contribution in [0.4, 0.5) is 5.82 Å². The first kappa shape index (κ1) is 15.0. The van der Waals surface area contributed by atoms with Crippen LogP contribution in [0.25, 0.3) is 0 Å². The molecule has 0 aromatic carbocycles. The van der Waals surface area contributed by atoms with Gasteiger partial charge in [-0.25, -0.2) is 9.78 Å². The lowest BCUT2D eigenvalue weighted by Gasteiger charge is -2.11. The number of esters is 1. The third-order valence-electron chi connectivity index (χ3n) is 2.46. The van der Waals surface area contributed by atoms with Gasteiger partial charge in [0, 0.05) is 12.3 Å². The van der Waals surface area contributed by atoms with Gasteiger partial charge in [-0.1, -0.05) is 16.8 Å². The van der Waals surface area contributed by atoms with Gasteiger partial charge in [0.1, 0.15) is 5.82 Å². The summed E-state index contributed by atoms with van der Waals surface area (Å²) in [6.45, 7) is 3.11. The van der Waals surface area contributed by atoms with Crippen LogP contribution >= 0.6 is 11.6 Å². The number of carbonyl (C=O) groups is 2. The van der Waals surface area contributed by atoms with Crippen molar-refractivity contribution in [2.45, 2.75) is 20.0 Å². The lowest BCUT2D eigenvalue weighted by atomic mass is 10.3. The summed E-state index contributed by atoms with van der Waals surface area (Å²) in [7, 11) is 0. The average molecular weight is 310 g/mol. The molecule has 0 fully saturated rings. The zero-order chi connectivity index (χ0) is 15.4. The zero-order valence-electron chi connectivity index (χ0n) is 11.3. The number of carbonyl (C=O) groups excluding carboxylic acids is 2. The molecular weight excluding hydrogens is 298 g/mol. The number of anilines is 1. The predicted molar refractivity (Wildman–Crippen MR) is 74.0 cm³/mol. The highest BCUT2D eigenvalue weighted by Crippen LogP contribution is 2.11. The molecule has 0 bridgehead atoms. The van der Waals surface area contributed by atoms with E-state index >= 15 is 0 Å². The molecule has 110 valence electrons. The second-order valence-electron chi connectivity index (χ2n) is 4.23. The molecule has 2 aromatic heterocycles. The minimum atomic E-state index is -1.01. The summed E-state index contributed by atoms with van der Waals surface area (Å²) in [4.78, 5) is 27.5. The van der Waals surface area contributed by atoms with E-state index in [1.807, 2.05) is 0 Å². The number of amides is 1.